The number of fused-ring (bicyclic) bond motifs is 1. The summed E-state index contributed by atoms with van der Waals surface area (Å²) in [5, 5.41) is 12.6. The number of aliphatic hydroxyl groups excluding tert-OH is 1. The van der Waals surface area contributed by atoms with Crippen LogP contribution in [0.1, 0.15) is 36.4 Å². The maximum Gasteiger partial charge on any atom is 0.228 e. The van der Waals surface area contributed by atoms with Crippen molar-refractivity contribution in [3.8, 4) is 0 Å². The van der Waals surface area contributed by atoms with Crippen LogP contribution in [-0.4, -0.2) is 35.6 Å². The van der Waals surface area contributed by atoms with Gasteiger partial charge in [0.2, 0.25) is 5.91 Å². The predicted molar refractivity (Wildman–Crippen MR) is 74.0 cm³/mol. The second-order valence-corrected chi connectivity index (χ2v) is 5.44. The van der Waals surface area contributed by atoms with E-state index in [4.69, 9.17) is 0 Å². The average molecular weight is 260 g/mol. The first-order valence-electron chi connectivity index (χ1n) is 7.05. The quantitative estimate of drug-likeness (QED) is 0.869. The van der Waals surface area contributed by atoms with E-state index in [1.54, 1.807) is 0 Å². The number of nitrogens with one attached hydrogen (secondary N) is 1. The lowest BCUT2D eigenvalue weighted by Crippen LogP contribution is -2.35. The molecule has 0 aromatic heterocycles. The molecule has 2 heterocycles. The molecular weight excluding hydrogens is 240 g/mol. The Morgan fingerprint density at radius 1 is 1.26 bits per heavy atom. The predicted octanol–water partition coefficient (Wildman–Crippen LogP) is 1.70. The van der Waals surface area contributed by atoms with E-state index in [1.165, 1.54) is 19.3 Å². The zero-order valence-electron chi connectivity index (χ0n) is 11.1. The molecule has 2 N–H and O–H groups in total. The molecule has 0 bridgehead atoms. The van der Waals surface area contributed by atoms with Gasteiger partial charge in [-0.15, -0.1) is 0 Å². The van der Waals surface area contributed by atoms with Crippen LogP contribution in [0.25, 0.3) is 0 Å². The average Bonchev–Trinajstić information content (AvgIpc) is 2.80. The first kappa shape index (κ1) is 12.6. The lowest BCUT2D eigenvalue weighted by Gasteiger charge is -2.34. The normalized spacial score (nSPS) is 21.0. The molecule has 2 aliphatic heterocycles. The van der Waals surface area contributed by atoms with Crippen molar-refractivity contribution in [3.05, 3.63) is 29.3 Å². The highest BCUT2D eigenvalue weighted by Crippen LogP contribution is 2.30. The fraction of sp³-hybridized carbons (Fsp3) is 0.533. The minimum Gasteiger partial charge on any atom is -0.394 e. The fourth-order valence-corrected chi connectivity index (χ4v) is 3.12. The van der Waals surface area contributed by atoms with Gasteiger partial charge < -0.3 is 10.4 Å². The highest BCUT2D eigenvalue weighted by Gasteiger charge is 2.24. The van der Waals surface area contributed by atoms with E-state index in [-0.39, 0.29) is 18.6 Å². The van der Waals surface area contributed by atoms with Crippen molar-refractivity contribution < 1.29 is 9.90 Å². The lowest BCUT2D eigenvalue weighted by atomic mass is 9.99. The molecule has 3 rings (SSSR count). The Hall–Kier alpha value is -1.39. The molecule has 0 saturated carbocycles. The first-order valence-corrected chi connectivity index (χ1v) is 7.05. The maximum absolute atomic E-state index is 11.4. The van der Waals surface area contributed by atoms with Gasteiger partial charge in [-0.25, -0.2) is 0 Å². The van der Waals surface area contributed by atoms with Crippen LogP contribution in [0.5, 0.6) is 0 Å². The van der Waals surface area contributed by atoms with Crippen molar-refractivity contribution in [3.63, 3.8) is 0 Å². The fourth-order valence-electron chi connectivity index (χ4n) is 3.12. The summed E-state index contributed by atoms with van der Waals surface area (Å²) < 4.78 is 0. The smallest absolute Gasteiger partial charge is 0.228 e. The molecule has 0 spiro atoms. The van der Waals surface area contributed by atoms with Crippen molar-refractivity contribution >= 4 is 11.6 Å². The van der Waals surface area contributed by atoms with Crippen molar-refractivity contribution in [1.29, 1.82) is 0 Å². The number of nitrogens with zero attached hydrogens (tertiary/aromatic N) is 1. The number of hydrogen-bond donors (Lipinski definition) is 2. The molecule has 4 heteroatoms. The second kappa shape index (κ2) is 5.31. The Labute approximate surface area is 113 Å². The van der Waals surface area contributed by atoms with Gasteiger partial charge in [-0.2, -0.15) is 0 Å². The van der Waals surface area contributed by atoms with Crippen LogP contribution >= 0.6 is 0 Å². The van der Waals surface area contributed by atoms with Crippen LogP contribution in [0, 0.1) is 0 Å². The zero-order chi connectivity index (χ0) is 13.2. The standard InChI is InChI=1S/C15H20N2O2/c18-10-14(17-6-2-1-3-7-17)11-4-5-13-12(8-11)9-15(19)16-13/h4-5,8,14,18H,1-3,6-7,9-10H2,(H,16,19). The molecule has 1 aromatic rings. The van der Waals surface area contributed by atoms with E-state index in [0.29, 0.717) is 6.42 Å². The summed E-state index contributed by atoms with van der Waals surface area (Å²) in [5.74, 6) is 0.0608. The van der Waals surface area contributed by atoms with Crippen molar-refractivity contribution in [1.82, 2.24) is 4.90 Å². The molecule has 0 aliphatic carbocycles. The summed E-state index contributed by atoms with van der Waals surface area (Å²) in [7, 11) is 0. The number of carbonyl (C=O) groups excluding carboxylic acids is 1. The SMILES string of the molecule is O=C1Cc2cc(C(CO)N3CCCCC3)ccc2N1. The first-order chi connectivity index (χ1) is 9.28. The summed E-state index contributed by atoms with van der Waals surface area (Å²) in [5.41, 5.74) is 3.10. The Bertz CT molecular complexity index is 481. The van der Waals surface area contributed by atoms with E-state index in [2.05, 4.69) is 16.3 Å². The third kappa shape index (κ3) is 2.51. The summed E-state index contributed by atoms with van der Waals surface area (Å²) in [6.07, 6.45) is 4.17. The van der Waals surface area contributed by atoms with Gasteiger partial charge in [-0.1, -0.05) is 18.6 Å². The van der Waals surface area contributed by atoms with Gasteiger partial charge in [0.25, 0.3) is 0 Å². The third-order valence-corrected chi connectivity index (χ3v) is 4.14. The molecule has 1 atom stereocenters. The van der Waals surface area contributed by atoms with E-state index in [1.807, 2.05) is 12.1 Å². The number of carbonyl (C=O) groups is 1. The molecule has 0 radical (unpaired) electrons. The van der Waals surface area contributed by atoms with Gasteiger partial charge in [-0.05, 0) is 43.1 Å². The molecule has 1 aromatic carbocycles. The van der Waals surface area contributed by atoms with Crippen LogP contribution in [-0.2, 0) is 11.2 Å². The molecule has 1 fully saturated rings. The number of anilines is 1. The maximum atomic E-state index is 11.4. The second-order valence-electron chi connectivity index (χ2n) is 5.44. The van der Waals surface area contributed by atoms with Gasteiger partial charge in [0, 0.05) is 5.69 Å². The van der Waals surface area contributed by atoms with Crippen molar-refractivity contribution in [2.45, 2.75) is 31.7 Å². The summed E-state index contributed by atoms with van der Waals surface area (Å²) in [6.45, 7) is 2.25. The number of amides is 1. The van der Waals surface area contributed by atoms with E-state index in [0.717, 1.165) is 29.9 Å². The highest BCUT2D eigenvalue weighted by atomic mass is 16.3. The van der Waals surface area contributed by atoms with Crippen LogP contribution in [0.4, 0.5) is 5.69 Å². The Morgan fingerprint density at radius 2 is 2.05 bits per heavy atom. The lowest BCUT2D eigenvalue weighted by molar-refractivity contribution is -0.115. The van der Waals surface area contributed by atoms with Gasteiger partial charge >= 0.3 is 0 Å². The summed E-state index contributed by atoms with van der Waals surface area (Å²) >= 11 is 0. The van der Waals surface area contributed by atoms with Gasteiger partial charge in [0.05, 0.1) is 19.1 Å². The molecule has 1 amide bonds. The molecule has 4 nitrogen and oxygen atoms in total. The molecule has 2 aliphatic rings. The topological polar surface area (TPSA) is 52.6 Å². The van der Waals surface area contributed by atoms with E-state index in [9.17, 15) is 9.90 Å². The van der Waals surface area contributed by atoms with E-state index < -0.39 is 0 Å². The molecule has 1 saturated heterocycles. The Morgan fingerprint density at radius 3 is 2.79 bits per heavy atom. The number of benzene rings is 1. The van der Waals surface area contributed by atoms with Gasteiger partial charge in [0.15, 0.2) is 0 Å². The summed E-state index contributed by atoms with van der Waals surface area (Å²) in [4.78, 5) is 13.7. The van der Waals surface area contributed by atoms with Crippen LogP contribution in [0.2, 0.25) is 0 Å². The molecule has 1 unspecified atom stereocenters. The van der Waals surface area contributed by atoms with Crippen LogP contribution in [0.15, 0.2) is 18.2 Å². The number of hydrogen-bond acceptors (Lipinski definition) is 3. The molecular formula is C15H20N2O2. The minimum absolute atomic E-state index is 0.0608. The highest BCUT2D eigenvalue weighted by molar-refractivity contribution is 5.99. The third-order valence-electron chi connectivity index (χ3n) is 4.14. The number of aliphatic hydroxyl groups is 1. The molecule has 102 valence electrons. The zero-order valence-corrected chi connectivity index (χ0v) is 11.1. The van der Waals surface area contributed by atoms with Gasteiger partial charge in [-0.3, -0.25) is 9.69 Å². The number of rotatable bonds is 3. The minimum atomic E-state index is 0.0608. The number of piperidine rings is 1. The monoisotopic (exact) mass is 260 g/mol. The Balaban J connectivity index is 1.83. The largest absolute Gasteiger partial charge is 0.394 e. The van der Waals surface area contributed by atoms with Gasteiger partial charge in [0.1, 0.15) is 0 Å². The van der Waals surface area contributed by atoms with Crippen LogP contribution < -0.4 is 5.32 Å². The Kier molecular flexibility index (Phi) is 3.53. The molecule has 19 heavy (non-hydrogen) atoms. The number of likely N-dealkylation sites (tertiary alicyclic amines) is 1. The van der Waals surface area contributed by atoms with E-state index >= 15 is 0 Å². The van der Waals surface area contributed by atoms with Crippen LogP contribution in [0.3, 0.4) is 0 Å². The van der Waals surface area contributed by atoms with Crippen molar-refractivity contribution in [2.75, 3.05) is 25.0 Å². The summed E-state index contributed by atoms with van der Waals surface area (Å²) in [6, 6.07) is 6.13. The van der Waals surface area contributed by atoms with Crippen molar-refractivity contribution in [2.24, 2.45) is 0 Å².